The highest BCUT2D eigenvalue weighted by Gasteiger charge is 2.25. The molecule has 1 fully saturated rings. The quantitative estimate of drug-likeness (QED) is 0.376. The summed E-state index contributed by atoms with van der Waals surface area (Å²) in [5, 5.41) is 16.2. The van der Waals surface area contributed by atoms with Crippen LogP contribution in [0, 0.1) is 6.92 Å². The van der Waals surface area contributed by atoms with Gasteiger partial charge in [0.05, 0.1) is 30.0 Å². The van der Waals surface area contributed by atoms with Crippen LogP contribution in [0.5, 0.6) is 0 Å². The summed E-state index contributed by atoms with van der Waals surface area (Å²) >= 11 is 0. The second-order valence-corrected chi connectivity index (χ2v) is 7.64. The first kappa shape index (κ1) is 19.8. The standard InChI is InChI=1S/C22H21N7O3/c1-12-9-24-21(26-15-4-6-19(23-10-15)29-11-16(30)7-13(29)2)28-20(12)25-14-3-5-18-17(8-14)27-22(31)32-18/h3-6,8-10,16,30H,2,7,11H2,1H3,(H,27,31)(H2,24,25,26,28). The number of rotatable bonds is 5. The number of anilines is 5. The van der Waals surface area contributed by atoms with Crippen molar-refractivity contribution in [3.63, 3.8) is 0 Å². The van der Waals surface area contributed by atoms with Crippen LogP contribution in [-0.4, -0.2) is 37.7 Å². The van der Waals surface area contributed by atoms with Crippen LogP contribution in [-0.2, 0) is 0 Å². The number of aromatic nitrogens is 4. The summed E-state index contributed by atoms with van der Waals surface area (Å²) < 4.78 is 5.03. The number of oxazole rings is 1. The summed E-state index contributed by atoms with van der Waals surface area (Å²) in [6.07, 6.45) is 3.54. The molecule has 4 heterocycles. The Morgan fingerprint density at radius 1 is 1.19 bits per heavy atom. The van der Waals surface area contributed by atoms with Crippen molar-refractivity contribution in [3.05, 3.63) is 71.1 Å². The number of β-amino-alcohol motifs (C(OH)–C–C–N with tert-alkyl or cyclic N) is 1. The van der Waals surface area contributed by atoms with E-state index in [1.54, 1.807) is 30.6 Å². The van der Waals surface area contributed by atoms with E-state index >= 15 is 0 Å². The SMILES string of the molecule is C=C1CC(O)CN1c1ccc(Nc2ncc(C)c(Nc3ccc4oc(=O)[nH]c4c3)n2)cn1. The number of aliphatic hydroxyl groups excluding tert-OH is 1. The van der Waals surface area contributed by atoms with Gasteiger partial charge in [-0.25, -0.2) is 14.8 Å². The first-order valence-corrected chi connectivity index (χ1v) is 10.0. The van der Waals surface area contributed by atoms with Crippen molar-refractivity contribution in [1.82, 2.24) is 19.9 Å². The van der Waals surface area contributed by atoms with E-state index in [1.807, 2.05) is 24.0 Å². The van der Waals surface area contributed by atoms with E-state index in [0.29, 0.717) is 35.8 Å². The molecule has 4 aromatic rings. The molecule has 0 spiro atoms. The molecule has 1 atom stereocenters. The zero-order valence-corrected chi connectivity index (χ0v) is 17.3. The van der Waals surface area contributed by atoms with Crippen LogP contribution in [0.4, 0.5) is 29.0 Å². The molecule has 3 aromatic heterocycles. The largest absolute Gasteiger partial charge is 0.417 e. The molecule has 162 valence electrons. The van der Waals surface area contributed by atoms with Gasteiger partial charge in [-0.05, 0) is 37.3 Å². The number of pyridine rings is 1. The predicted molar refractivity (Wildman–Crippen MR) is 122 cm³/mol. The molecular weight excluding hydrogens is 410 g/mol. The van der Waals surface area contributed by atoms with Crippen LogP contribution in [0.1, 0.15) is 12.0 Å². The average Bonchev–Trinajstić information content (AvgIpc) is 3.30. The van der Waals surface area contributed by atoms with Crippen LogP contribution in [0.15, 0.2) is 64.2 Å². The lowest BCUT2D eigenvalue weighted by Crippen LogP contribution is -2.20. The predicted octanol–water partition coefficient (Wildman–Crippen LogP) is 3.19. The number of aliphatic hydroxyl groups is 1. The Hall–Kier alpha value is -4.18. The lowest BCUT2D eigenvalue weighted by atomic mass is 10.2. The Morgan fingerprint density at radius 3 is 2.78 bits per heavy atom. The third-order valence-corrected chi connectivity index (χ3v) is 5.18. The summed E-state index contributed by atoms with van der Waals surface area (Å²) in [6, 6.07) is 9.03. The van der Waals surface area contributed by atoms with E-state index in [0.717, 1.165) is 28.5 Å². The van der Waals surface area contributed by atoms with Gasteiger partial charge in [-0.3, -0.25) is 4.98 Å². The number of aryl methyl sites for hydroxylation is 1. The van der Waals surface area contributed by atoms with Crippen LogP contribution in [0.25, 0.3) is 11.1 Å². The fourth-order valence-electron chi connectivity index (χ4n) is 3.59. The highest BCUT2D eigenvalue weighted by molar-refractivity contribution is 5.78. The van der Waals surface area contributed by atoms with Crippen molar-refractivity contribution in [3.8, 4) is 0 Å². The molecule has 0 aliphatic carbocycles. The number of hydrogen-bond acceptors (Lipinski definition) is 9. The molecule has 5 rings (SSSR count). The maximum atomic E-state index is 11.4. The van der Waals surface area contributed by atoms with Gasteiger partial charge in [-0.15, -0.1) is 0 Å². The monoisotopic (exact) mass is 431 g/mol. The fraction of sp³-hybridized carbons (Fsp3) is 0.182. The molecule has 0 saturated carbocycles. The summed E-state index contributed by atoms with van der Waals surface area (Å²) in [6.45, 7) is 6.38. The molecule has 0 radical (unpaired) electrons. The molecule has 0 bridgehead atoms. The van der Waals surface area contributed by atoms with Crippen molar-refractivity contribution in [2.75, 3.05) is 22.1 Å². The maximum absolute atomic E-state index is 11.4. The Labute approximate surface area is 182 Å². The Bertz CT molecular complexity index is 1360. The molecule has 10 nitrogen and oxygen atoms in total. The van der Waals surface area contributed by atoms with Gasteiger partial charge in [-0.2, -0.15) is 4.98 Å². The molecule has 10 heteroatoms. The van der Waals surface area contributed by atoms with Crippen LogP contribution >= 0.6 is 0 Å². The van der Waals surface area contributed by atoms with E-state index in [-0.39, 0.29) is 0 Å². The highest BCUT2D eigenvalue weighted by Crippen LogP contribution is 2.27. The minimum atomic E-state index is -0.494. The van der Waals surface area contributed by atoms with Crippen LogP contribution < -0.4 is 21.3 Å². The van der Waals surface area contributed by atoms with Gasteiger partial charge < -0.3 is 25.1 Å². The summed E-state index contributed by atoms with van der Waals surface area (Å²) in [4.78, 5) is 29.3. The summed E-state index contributed by atoms with van der Waals surface area (Å²) in [5.41, 5.74) is 4.28. The fourth-order valence-corrected chi connectivity index (χ4v) is 3.59. The second-order valence-electron chi connectivity index (χ2n) is 7.64. The van der Waals surface area contributed by atoms with Crippen LogP contribution in [0.2, 0.25) is 0 Å². The molecule has 0 amide bonds. The normalized spacial score (nSPS) is 16.0. The van der Waals surface area contributed by atoms with Crippen molar-refractivity contribution >= 4 is 40.1 Å². The molecular formula is C22H21N7O3. The van der Waals surface area contributed by atoms with Gasteiger partial charge in [0.15, 0.2) is 5.58 Å². The minimum Gasteiger partial charge on any atom is -0.408 e. The van der Waals surface area contributed by atoms with E-state index in [1.165, 1.54) is 0 Å². The lowest BCUT2D eigenvalue weighted by Gasteiger charge is -2.18. The zero-order valence-electron chi connectivity index (χ0n) is 17.3. The second kappa shape index (κ2) is 7.82. The van der Waals surface area contributed by atoms with Crippen molar-refractivity contribution < 1.29 is 9.52 Å². The molecule has 1 aliphatic rings. The van der Waals surface area contributed by atoms with Crippen molar-refractivity contribution in [1.29, 1.82) is 0 Å². The van der Waals surface area contributed by atoms with Crippen LogP contribution in [0.3, 0.4) is 0 Å². The number of hydrogen-bond donors (Lipinski definition) is 4. The maximum Gasteiger partial charge on any atom is 0.417 e. The molecule has 1 aromatic carbocycles. The van der Waals surface area contributed by atoms with Gasteiger partial charge in [0, 0.05) is 29.6 Å². The van der Waals surface area contributed by atoms with E-state index in [2.05, 4.69) is 37.1 Å². The number of fused-ring (bicyclic) bond motifs is 1. The van der Waals surface area contributed by atoms with E-state index in [4.69, 9.17) is 4.42 Å². The Balaban J connectivity index is 1.33. The van der Waals surface area contributed by atoms with Gasteiger partial charge in [-0.1, -0.05) is 6.58 Å². The number of H-pyrrole nitrogens is 1. The van der Waals surface area contributed by atoms with E-state index in [9.17, 15) is 9.90 Å². The van der Waals surface area contributed by atoms with Gasteiger partial charge in [0.2, 0.25) is 5.95 Å². The lowest BCUT2D eigenvalue weighted by molar-refractivity contribution is 0.200. The smallest absolute Gasteiger partial charge is 0.408 e. The minimum absolute atomic E-state index is 0.409. The first-order valence-electron chi connectivity index (χ1n) is 10.0. The highest BCUT2D eigenvalue weighted by atomic mass is 16.4. The molecule has 1 aliphatic heterocycles. The third-order valence-electron chi connectivity index (χ3n) is 5.18. The molecule has 32 heavy (non-hydrogen) atoms. The van der Waals surface area contributed by atoms with Gasteiger partial charge in [0.1, 0.15) is 11.6 Å². The average molecular weight is 431 g/mol. The van der Waals surface area contributed by atoms with Gasteiger partial charge >= 0.3 is 5.76 Å². The molecule has 1 saturated heterocycles. The summed E-state index contributed by atoms with van der Waals surface area (Å²) in [7, 11) is 0. The van der Waals surface area contributed by atoms with Crippen molar-refractivity contribution in [2.45, 2.75) is 19.4 Å². The van der Waals surface area contributed by atoms with Gasteiger partial charge in [0.25, 0.3) is 0 Å². The van der Waals surface area contributed by atoms with E-state index < -0.39 is 11.9 Å². The Morgan fingerprint density at radius 2 is 2.03 bits per heavy atom. The first-order chi connectivity index (χ1) is 15.4. The Kier molecular flexibility index (Phi) is 4.83. The van der Waals surface area contributed by atoms with Crippen molar-refractivity contribution in [2.24, 2.45) is 0 Å². The number of nitrogens with one attached hydrogen (secondary N) is 3. The number of benzene rings is 1. The molecule has 4 N–H and O–H groups in total. The molecule has 1 unspecified atom stereocenters. The summed E-state index contributed by atoms with van der Waals surface area (Å²) in [5.74, 6) is 1.27. The third kappa shape index (κ3) is 3.91. The zero-order chi connectivity index (χ0) is 22.2. The number of nitrogens with zero attached hydrogens (tertiary/aromatic N) is 4. The number of aromatic amines is 1. The topological polar surface area (TPSA) is 132 Å².